The van der Waals surface area contributed by atoms with Gasteiger partial charge in [-0.15, -0.1) is 0 Å². The zero-order valence-electron chi connectivity index (χ0n) is 10.2. The van der Waals surface area contributed by atoms with Gasteiger partial charge in [-0.1, -0.05) is 30.7 Å². The number of nitrogens with zero attached hydrogens (tertiary/aromatic N) is 1. The van der Waals surface area contributed by atoms with Crippen LogP contribution in [0, 0.1) is 5.92 Å². The van der Waals surface area contributed by atoms with Crippen LogP contribution in [0.2, 0.25) is 5.02 Å². The maximum absolute atomic E-state index is 9.03. The highest BCUT2D eigenvalue weighted by atomic mass is 35.5. The van der Waals surface area contributed by atoms with Gasteiger partial charge in [-0.2, -0.15) is 0 Å². The molecule has 1 N–H and O–H groups in total. The number of halogens is 1. The first-order valence-electron chi connectivity index (χ1n) is 5.61. The Labute approximate surface area is 103 Å². The minimum atomic E-state index is 0.234. The van der Waals surface area contributed by atoms with Gasteiger partial charge in [0.2, 0.25) is 0 Å². The van der Waals surface area contributed by atoms with E-state index in [1.54, 1.807) is 0 Å². The van der Waals surface area contributed by atoms with Crippen molar-refractivity contribution in [1.82, 2.24) is 4.90 Å². The monoisotopic (exact) mass is 241 g/mol. The molecule has 0 heterocycles. The Morgan fingerprint density at radius 2 is 1.81 bits per heavy atom. The molecule has 0 aliphatic carbocycles. The number of hydrogen-bond acceptors (Lipinski definition) is 2. The zero-order chi connectivity index (χ0) is 12.1. The molecule has 2 nitrogen and oxygen atoms in total. The summed E-state index contributed by atoms with van der Waals surface area (Å²) in [6, 6.07) is 8.26. The molecule has 0 fully saturated rings. The number of aliphatic hydroxyl groups excluding tert-OH is 1. The quantitative estimate of drug-likeness (QED) is 0.857. The molecule has 1 rings (SSSR count). The molecule has 0 aliphatic heterocycles. The summed E-state index contributed by atoms with van der Waals surface area (Å²) in [5.74, 6) is 0.305. The van der Waals surface area contributed by atoms with Crippen molar-refractivity contribution in [2.45, 2.75) is 19.9 Å². The molecule has 0 amide bonds. The summed E-state index contributed by atoms with van der Waals surface area (Å²) in [7, 11) is 2.07. The minimum absolute atomic E-state index is 0.234. The normalized spacial score (nSPS) is 15.1. The van der Waals surface area contributed by atoms with Crippen LogP contribution in [0.15, 0.2) is 24.3 Å². The van der Waals surface area contributed by atoms with Crippen LogP contribution >= 0.6 is 11.6 Å². The fourth-order valence-electron chi connectivity index (χ4n) is 1.70. The molecular weight excluding hydrogens is 222 g/mol. The van der Waals surface area contributed by atoms with Crippen molar-refractivity contribution in [1.29, 1.82) is 0 Å². The van der Waals surface area contributed by atoms with Crippen LogP contribution in [0.1, 0.15) is 25.5 Å². The summed E-state index contributed by atoms with van der Waals surface area (Å²) in [5, 5.41) is 9.79. The third-order valence-electron chi connectivity index (χ3n) is 2.92. The van der Waals surface area contributed by atoms with Gasteiger partial charge in [0.05, 0.1) is 0 Å². The summed E-state index contributed by atoms with van der Waals surface area (Å²) >= 11 is 5.86. The van der Waals surface area contributed by atoms with Gasteiger partial charge >= 0.3 is 0 Å². The highest BCUT2D eigenvalue weighted by Crippen LogP contribution is 2.21. The molecule has 2 atom stereocenters. The Morgan fingerprint density at radius 1 is 1.25 bits per heavy atom. The van der Waals surface area contributed by atoms with Gasteiger partial charge in [-0.3, -0.25) is 4.90 Å². The number of aliphatic hydroxyl groups is 1. The first kappa shape index (κ1) is 13.5. The fourth-order valence-corrected chi connectivity index (χ4v) is 1.83. The minimum Gasteiger partial charge on any atom is -0.396 e. The van der Waals surface area contributed by atoms with E-state index in [9.17, 15) is 0 Å². The van der Waals surface area contributed by atoms with E-state index < -0.39 is 0 Å². The van der Waals surface area contributed by atoms with Gasteiger partial charge in [0.1, 0.15) is 0 Å². The first-order valence-corrected chi connectivity index (χ1v) is 5.99. The van der Waals surface area contributed by atoms with Crippen LogP contribution in [0.5, 0.6) is 0 Å². The Balaban J connectivity index is 2.62. The maximum atomic E-state index is 9.03. The van der Waals surface area contributed by atoms with E-state index in [0.717, 1.165) is 11.6 Å². The third kappa shape index (κ3) is 3.78. The fraction of sp³-hybridized carbons (Fsp3) is 0.538. The Morgan fingerprint density at radius 3 is 2.31 bits per heavy atom. The van der Waals surface area contributed by atoms with Crippen molar-refractivity contribution < 1.29 is 5.11 Å². The average Bonchev–Trinajstić information content (AvgIpc) is 2.28. The van der Waals surface area contributed by atoms with Crippen molar-refractivity contribution in [2.24, 2.45) is 5.92 Å². The van der Waals surface area contributed by atoms with Gasteiger partial charge in [-0.05, 0) is 37.6 Å². The summed E-state index contributed by atoms with van der Waals surface area (Å²) in [5.41, 5.74) is 1.25. The van der Waals surface area contributed by atoms with Crippen LogP contribution in [-0.4, -0.2) is 30.2 Å². The summed E-state index contributed by atoms with van der Waals surface area (Å²) in [6.45, 7) is 5.33. The number of hydrogen-bond donors (Lipinski definition) is 1. The lowest BCUT2D eigenvalue weighted by molar-refractivity contribution is 0.167. The van der Waals surface area contributed by atoms with Gasteiger partial charge < -0.3 is 5.11 Å². The second kappa shape index (κ2) is 6.24. The molecule has 90 valence electrons. The molecule has 0 radical (unpaired) electrons. The van der Waals surface area contributed by atoms with Crippen molar-refractivity contribution in [3.8, 4) is 0 Å². The molecule has 0 aliphatic rings. The predicted octanol–water partition coefficient (Wildman–Crippen LogP) is 2.96. The Kier molecular flexibility index (Phi) is 5.26. The molecule has 3 heteroatoms. The second-order valence-electron chi connectivity index (χ2n) is 4.45. The topological polar surface area (TPSA) is 23.5 Å². The molecule has 16 heavy (non-hydrogen) atoms. The number of rotatable bonds is 5. The molecular formula is C13H20ClNO. The standard InChI is InChI=1S/C13H20ClNO/c1-10(9-16)8-15(3)11(2)12-4-6-13(14)7-5-12/h4-7,10-11,16H,8-9H2,1-3H3. The van der Waals surface area contributed by atoms with E-state index in [1.807, 2.05) is 31.2 Å². The zero-order valence-corrected chi connectivity index (χ0v) is 10.9. The SMILES string of the molecule is CC(CO)CN(C)C(C)c1ccc(Cl)cc1. The van der Waals surface area contributed by atoms with Crippen molar-refractivity contribution in [2.75, 3.05) is 20.2 Å². The lowest BCUT2D eigenvalue weighted by Gasteiger charge is -2.27. The second-order valence-corrected chi connectivity index (χ2v) is 4.89. The summed E-state index contributed by atoms with van der Waals surface area (Å²) in [6.07, 6.45) is 0. The van der Waals surface area contributed by atoms with E-state index in [4.69, 9.17) is 16.7 Å². The lowest BCUT2D eigenvalue weighted by Crippen LogP contribution is -2.28. The van der Waals surface area contributed by atoms with Gasteiger partial charge in [-0.25, -0.2) is 0 Å². The van der Waals surface area contributed by atoms with Crippen LogP contribution in [0.25, 0.3) is 0 Å². The highest BCUT2D eigenvalue weighted by Gasteiger charge is 2.13. The van der Waals surface area contributed by atoms with Crippen molar-refractivity contribution in [3.63, 3.8) is 0 Å². The highest BCUT2D eigenvalue weighted by molar-refractivity contribution is 6.30. The smallest absolute Gasteiger partial charge is 0.0468 e. The average molecular weight is 242 g/mol. The Bertz CT molecular complexity index is 312. The van der Waals surface area contributed by atoms with Crippen LogP contribution in [0.3, 0.4) is 0 Å². The molecule has 1 aromatic rings. The van der Waals surface area contributed by atoms with E-state index in [0.29, 0.717) is 12.0 Å². The van der Waals surface area contributed by atoms with E-state index in [1.165, 1.54) is 5.56 Å². The van der Waals surface area contributed by atoms with Gasteiger partial charge in [0.15, 0.2) is 0 Å². The molecule has 1 aromatic carbocycles. The molecule has 2 unspecified atom stereocenters. The molecule has 0 bridgehead atoms. The lowest BCUT2D eigenvalue weighted by atomic mass is 10.1. The van der Waals surface area contributed by atoms with Crippen LogP contribution < -0.4 is 0 Å². The predicted molar refractivity (Wildman–Crippen MR) is 68.7 cm³/mol. The maximum Gasteiger partial charge on any atom is 0.0468 e. The van der Waals surface area contributed by atoms with Gasteiger partial charge in [0.25, 0.3) is 0 Å². The third-order valence-corrected chi connectivity index (χ3v) is 3.18. The van der Waals surface area contributed by atoms with Crippen LogP contribution in [-0.2, 0) is 0 Å². The summed E-state index contributed by atoms with van der Waals surface area (Å²) < 4.78 is 0. The van der Waals surface area contributed by atoms with E-state index in [-0.39, 0.29) is 6.61 Å². The largest absolute Gasteiger partial charge is 0.396 e. The summed E-state index contributed by atoms with van der Waals surface area (Å²) in [4.78, 5) is 2.24. The van der Waals surface area contributed by atoms with E-state index in [2.05, 4.69) is 18.9 Å². The molecule has 0 saturated heterocycles. The Hall–Kier alpha value is -0.570. The van der Waals surface area contributed by atoms with Crippen molar-refractivity contribution >= 4 is 11.6 Å². The van der Waals surface area contributed by atoms with E-state index >= 15 is 0 Å². The number of benzene rings is 1. The molecule has 0 aromatic heterocycles. The molecule has 0 spiro atoms. The van der Waals surface area contributed by atoms with Crippen LogP contribution in [0.4, 0.5) is 0 Å². The van der Waals surface area contributed by atoms with Crippen molar-refractivity contribution in [3.05, 3.63) is 34.9 Å². The van der Waals surface area contributed by atoms with Gasteiger partial charge in [0, 0.05) is 24.2 Å². The molecule has 0 saturated carbocycles. The first-order chi connectivity index (χ1) is 7.54.